The zero-order chi connectivity index (χ0) is 30.1. The highest BCUT2D eigenvalue weighted by molar-refractivity contribution is 6.07. The second kappa shape index (κ2) is 9.70. The molecule has 0 unspecified atom stereocenters. The van der Waals surface area contributed by atoms with Crippen LogP contribution in [0.2, 0.25) is 0 Å². The second-order valence-corrected chi connectivity index (χ2v) is 12.7. The predicted molar refractivity (Wildman–Crippen MR) is 188 cm³/mol. The quantitative estimate of drug-likeness (QED) is 0.210. The van der Waals surface area contributed by atoms with Crippen molar-refractivity contribution in [3.05, 3.63) is 157 Å². The van der Waals surface area contributed by atoms with Crippen LogP contribution in [0.25, 0.3) is 77.3 Å². The van der Waals surface area contributed by atoms with E-state index in [1.807, 2.05) is 0 Å². The van der Waals surface area contributed by atoms with Crippen LogP contribution in [0.4, 0.5) is 0 Å². The lowest BCUT2D eigenvalue weighted by atomic mass is 9.81. The zero-order valence-electron chi connectivity index (χ0n) is 25.3. The summed E-state index contributed by atoms with van der Waals surface area (Å²) >= 11 is 0. The van der Waals surface area contributed by atoms with Gasteiger partial charge in [-0.25, -0.2) is 9.97 Å². The van der Waals surface area contributed by atoms with E-state index in [0.29, 0.717) is 0 Å². The summed E-state index contributed by atoms with van der Waals surface area (Å²) in [6, 6.07) is 52.3. The highest BCUT2D eigenvalue weighted by Gasteiger charge is 2.38. The molecule has 0 N–H and O–H groups in total. The van der Waals surface area contributed by atoms with Gasteiger partial charge in [-0.15, -0.1) is 0 Å². The van der Waals surface area contributed by atoms with Crippen LogP contribution in [0.15, 0.2) is 146 Å². The van der Waals surface area contributed by atoms with Crippen molar-refractivity contribution in [1.82, 2.24) is 9.97 Å². The fourth-order valence-electron chi connectivity index (χ4n) is 7.30. The maximum absolute atomic E-state index is 5.41. The Balaban J connectivity index is 1.38. The summed E-state index contributed by atoms with van der Waals surface area (Å²) in [5.41, 5.74) is 10.1. The number of aromatic nitrogens is 2. The van der Waals surface area contributed by atoms with E-state index in [4.69, 9.17) is 9.97 Å². The van der Waals surface area contributed by atoms with Gasteiger partial charge in [-0.3, -0.25) is 0 Å². The summed E-state index contributed by atoms with van der Waals surface area (Å²) < 4.78 is 0. The highest BCUT2D eigenvalue weighted by Crippen LogP contribution is 2.54. The Morgan fingerprint density at radius 3 is 1.60 bits per heavy atom. The van der Waals surface area contributed by atoms with Crippen molar-refractivity contribution in [1.29, 1.82) is 0 Å². The van der Waals surface area contributed by atoms with Crippen molar-refractivity contribution >= 4 is 32.3 Å². The largest absolute Gasteiger partial charge is 0.228 e. The Morgan fingerprint density at radius 2 is 0.956 bits per heavy atom. The minimum atomic E-state index is -0.137. The van der Waals surface area contributed by atoms with Gasteiger partial charge in [-0.1, -0.05) is 135 Å². The standard InChI is InChI=1S/C43H30N2/c1-43(2)36-18-10-9-17-35(36)40-37(43)25-31-15-7-8-16-34(31)41(40)42-44-38(32-21-19-27-11-3-5-13-29(27)23-32)26-39(45-42)33-22-20-28-12-4-6-14-30(28)24-33/h3-26H,1-2H3. The fraction of sp³-hybridized carbons (Fsp3) is 0.0698. The van der Waals surface area contributed by atoms with Gasteiger partial charge < -0.3 is 0 Å². The summed E-state index contributed by atoms with van der Waals surface area (Å²) in [5, 5.41) is 7.21. The molecule has 0 spiro atoms. The molecule has 1 aliphatic rings. The van der Waals surface area contributed by atoms with Gasteiger partial charge in [0.05, 0.1) is 11.4 Å². The maximum atomic E-state index is 5.41. The SMILES string of the molecule is CC1(C)c2ccccc2-c2c1cc1ccccc1c2-c1nc(-c2ccc3ccccc3c2)cc(-c2ccc3ccccc3c2)n1. The zero-order valence-corrected chi connectivity index (χ0v) is 25.3. The van der Waals surface area contributed by atoms with E-state index in [0.717, 1.165) is 33.9 Å². The van der Waals surface area contributed by atoms with Crippen LogP contribution in [0.5, 0.6) is 0 Å². The van der Waals surface area contributed by atoms with Gasteiger partial charge in [0.25, 0.3) is 0 Å². The highest BCUT2D eigenvalue weighted by atomic mass is 14.9. The second-order valence-electron chi connectivity index (χ2n) is 12.7. The third-order valence-electron chi connectivity index (χ3n) is 9.63. The molecule has 7 aromatic carbocycles. The van der Waals surface area contributed by atoms with Gasteiger partial charge in [-0.05, 0) is 78.8 Å². The molecule has 0 saturated carbocycles. The molecule has 0 saturated heterocycles. The minimum absolute atomic E-state index is 0.137. The van der Waals surface area contributed by atoms with Crippen molar-refractivity contribution in [3.63, 3.8) is 0 Å². The molecule has 0 radical (unpaired) electrons. The number of hydrogen-bond acceptors (Lipinski definition) is 2. The Bertz CT molecular complexity index is 2370. The monoisotopic (exact) mass is 574 g/mol. The van der Waals surface area contributed by atoms with E-state index in [1.54, 1.807) is 0 Å². The number of hydrogen-bond donors (Lipinski definition) is 0. The first-order valence-electron chi connectivity index (χ1n) is 15.6. The average Bonchev–Trinajstić information content (AvgIpc) is 3.32. The molecule has 1 aromatic heterocycles. The first-order chi connectivity index (χ1) is 22.0. The van der Waals surface area contributed by atoms with Crippen LogP contribution in [0, 0.1) is 0 Å². The van der Waals surface area contributed by atoms with Crippen molar-refractivity contribution in [2.75, 3.05) is 0 Å². The van der Waals surface area contributed by atoms with Crippen LogP contribution in [-0.2, 0) is 5.41 Å². The van der Waals surface area contributed by atoms with Gasteiger partial charge >= 0.3 is 0 Å². The molecular weight excluding hydrogens is 544 g/mol. The normalized spacial score (nSPS) is 13.3. The van der Waals surface area contributed by atoms with Gasteiger partial charge in [0.15, 0.2) is 5.82 Å². The molecule has 1 heterocycles. The van der Waals surface area contributed by atoms with Crippen molar-refractivity contribution in [2.24, 2.45) is 0 Å². The van der Waals surface area contributed by atoms with Crippen molar-refractivity contribution < 1.29 is 0 Å². The van der Waals surface area contributed by atoms with E-state index in [9.17, 15) is 0 Å². The number of fused-ring (bicyclic) bond motifs is 6. The molecule has 1 aliphatic carbocycles. The molecule has 212 valence electrons. The lowest BCUT2D eigenvalue weighted by Gasteiger charge is -2.22. The van der Waals surface area contributed by atoms with Crippen LogP contribution in [0.3, 0.4) is 0 Å². The van der Waals surface area contributed by atoms with E-state index < -0.39 is 0 Å². The molecule has 0 fully saturated rings. The predicted octanol–water partition coefficient (Wildman–Crippen LogP) is 11.2. The minimum Gasteiger partial charge on any atom is -0.228 e. The number of nitrogens with zero attached hydrogens (tertiary/aromatic N) is 2. The van der Waals surface area contributed by atoms with Gasteiger partial charge in [0.2, 0.25) is 0 Å². The molecule has 0 aliphatic heterocycles. The van der Waals surface area contributed by atoms with Crippen LogP contribution >= 0.6 is 0 Å². The average molecular weight is 575 g/mol. The van der Waals surface area contributed by atoms with Crippen molar-refractivity contribution in [3.8, 4) is 45.0 Å². The molecule has 2 nitrogen and oxygen atoms in total. The fourth-order valence-corrected chi connectivity index (χ4v) is 7.30. The molecule has 0 amide bonds. The summed E-state index contributed by atoms with van der Waals surface area (Å²) in [6.07, 6.45) is 0. The molecule has 8 aromatic rings. The Hall–Kier alpha value is -5.60. The van der Waals surface area contributed by atoms with Crippen LogP contribution in [0.1, 0.15) is 25.0 Å². The van der Waals surface area contributed by atoms with E-state index in [2.05, 4.69) is 159 Å². The number of benzene rings is 7. The molecular formula is C43H30N2. The molecule has 0 atom stereocenters. The lowest BCUT2D eigenvalue weighted by molar-refractivity contribution is 0.661. The number of rotatable bonds is 3. The molecule has 9 rings (SSSR count). The Morgan fingerprint density at radius 1 is 0.422 bits per heavy atom. The summed E-state index contributed by atoms with van der Waals surface area (Å²) in [6.45, 7) is 4.67. The van der Waals surface area contributed by atoms with Crippen molar-refractivity contribution in [2.45, 2.75) is 19.3 Å². The Labute approximate surface area is 262 Å². The van der Waals surface area contributed by atoms with E-state index in [1.165, 1.54) is 54.6 Å². The molecule has 0 bridgehead atoms. The lowest BCUT2D eigenvalue weighted by Crippen LogP contribution is -2.15. The third kappa shape index (κ3) is 4.03. The Kier molecular flexibility index (Phi) is 5.58. The maximum Gasteiger partial charge on any atom is 0.161 e. The summed E-state index contributed by atoms with van der Waals surface area (Å²) in [5.74, 6) is 0.754. The van der Waals surface area contributed by atoms with E-state index in [-0.39, 0.29) is 5.41 Å². The summed E-state index contributed by atoms with van der Waals surface area (Å²) in [4.78, 5) is 10.8. The first-order valence-corrected chi connectivity index (χ1v) is 15.6. The molecule has 45 heavy (non-hydrogen) atoms. The van der Waals surface area contributed by atoms with E-state index >= 15 is 0 Å². The van der Waals surface area contributed by atoms with Gasteiger partial charge in [0.1, 0.15) is 0 Å². The summed E-state index contributed by atoms with van der Waals surface area (Å²) in [7, 11) is 0. The van der Waals surface area contributed by atoms with Gasteiger partial charge in [-0.2, -0.15) is 0 Å². The van der Waals surface area contributed by atoms with Crippen LogP contribution < -0.4 is 0 Å². The first kappa shape index (κ1) is 25.9. The topological polar surface area (TPSA) is 25.8 Å². The van der Waals surface area contributed by atoms with Crippen LogP contribution in [-0.4, -0.2) is 9.97 Å². The smallest absolute Gasteiger partial charge is 0.161 e. The van der Waals surface area contributed by atoms with Gasteiger partial charge in [0, 0.05) is 22.1 Å². The molecule has 2 heteroatoms. The third-order valence-corrected chi connectivity index (χ3v) is 9.63.